The maximum absolute atomic E-state index is 12.1. The van der Waals surface area contributed by atoms with Gasteiger partial charge < -0.3 is 11.1 Å². The molecule has 0 aliphatic heterocycles. The van der Waals surface area contributed by atoms with Crippen molar-refractivity contribution in [2.75, 3.05) is 5.73 Å². The van der Waals surface area contributed by atoms with Gasteiger partial charge in [-0.25, -0.2) is 0 Å². The first-order chi connectivity index (χ1) is 9.08. The van der Waals surface area contributed by atoms with Crippen LogP contribution in [0, 0.1) is 0 Å². The molecule has 1 atom stereocenters. The van der Waals surface area contributed by atoms with E-state index >= 15 is 0 Å². The van der Waals surface area contributed by atoms with Crippen LogP contribution in [0.25, 0.3) is 0 Å². The van der Waals surface area contributed by atoms with Crippen LogP contribution in [0.4, 0.5) is 5.69 Å². The molecule has 5 heteroatoms. The molecule has 19 heavy (non-hydrogen) atoms. The molecular weight excluding hydrogens is 262 g/mol. The van der Waals surface area contributed by atoms with E-state index < -0.39 is 0 Å². The largest absolute Gasteiger partial charge is 0.398 e. The zero-order valence-electron chi connectivity index (χ0n) is 10.4. The van der Waals surface area contributed by atoms with Crippen molar-refractivity contribution in [3.8, 4) is 0 Å². The molecule has 1 unspecified atom stereocenters. The van der Waals surface area contributed by atoms with Gasteiger partial charge in [-0.1, -0.05) is 17.7 Å². The molecule has 0 aliphatic rings. The third-order valence-corrected chi connectivity index (χ3v) is 3.08. The SMILES string of the molecule is CC(NC(=O)c1ccc(Cl)c(N)c1)c1ccccn1. The Kier molecular flexibility index (Phi) is 4.02. The van der Waals surface area contributed by atoms with Crippen molar-refractivity contribution in [1.82, 2.24) is 10.3 Å². The molecule has 1 heterocycles. The molecule has 0 saturated carbocycles. The average Bonchev–Trinajstić information content (AvgIpc) is 2.42. The highest BCUT2D eigenvalue weighted by atomic mass is 35.5. The predicted octanol–water partition coefficient (Wildman–Crippen LogP) is 2.81. The zero-order valence-corrected chi connectivity index (χ0v) is 11.2. The Morgan fingerprint density at radius 1 is 1.37 bits per heavy atom. The first-order valence-corrected chi connectivity index (χ1v) is 6.22. The number of rotatable bonds is 3. The molecule has 2 rings (SSSR count). The number of nitrogens with zero attached hydrogens (tertiary/aromatic N) is 1. The topological polar surface area (TPSA) is 68.0 Å². The van der Waals surface area contributed by atoms with Crippen molar-refractivity contribution >= 4 is 23.2 Å². The van der Waals surface area contributed by atoms with Crippen LogP contribution in [-0.2, 0) is 0 Å². The Morgan fingerprint density at radius 2 is 2.16 bits per heavy atom. The third kappa shape index (κ3) is 3.23. The number of carbonyl (C=O) groups is 1. The summed E-state index contributed by atoms with van der Waals surface area (Å²) in [6, 6.07) is 10.2. The maximum Gasteiger partial charge on any atom is 0.251 e. The van der Waals surface area contributed by atoms with Crippen molar-refractivity contribution in [3.05, 3.63) is 58.9 Å². The summed E-state index contributed by atoms with van der Waals surface area (Å²) in [5, 5.41) is 3.30. The molecule has 0 spiro atoms. The van der Waals surface area contributed by atoms with Gasteiger partial charge in [-0.15, -0.1) is 0 Å². The van der Waals surface area contributed by atoms with Crippen LogP contribution >= 0.6 is 11.6 Å². The van der Waals surface area contributed by atoms with E-state index in [0.717, 1.165) is 5.69 Å². The van der Waals surface area contributed by atoms with E-state index in [1.165, 1.54) is 0 Å². The Hall–Kier alpha value is -2.07. The van der Waals surface area contributed by atoms with Gasteiger partial charge in [0.15, 0.2) is 0 Å². The van der Waals surface area contributed by atoms with Crippen LogP contribution < -0.4 is 11.1 Å². The van der Waals surface area contributed by atoms with Gasteiger partial charge in [-0.05, 0) is 37.3 Å². The number of hydrogen-bond donors (Lipinski definition) is 2. The predicted molar refractivity (Wildman–Crippen MR) is 76.0 cm³/mol. The number of nitrogens with two attached hydrogens (primary N) is 1. The Bertz CT molecular complexity index is 586. The second-order valence-electron chi connectivity index (χ2n) is 4.19. The first kappa shape index (κ1) is 13.4. The minimum Gasteiger partial charge on any atom is -0.398 e. The highest BCUT2D eigenvalue weighted by Gasteiger charge is 2.12. The molecule has 1 amide bonds. The molecule has 3 N–H and O–H groups in total. The molecule has 0 fully saturated rings. The van der Waals surface area contributed by atoms with Crippen LogP contribution in [0.1, 0.15) is 29.0 Å². The van der Waals surface area contributed by atoms with Gasteiger partial charge >= 0.3 is 0 Å². The first-order valence-electron chi connectivity index (χ1n) is 5.84. The lowest BCUT2D eigenvalue weighted by atomic mass is 10.1. The standard InChI is InChI=1S/C14H14ClN3O/c1-9(13-4-2-3-7-17-13)18-14(19)10-5-6-11(15)12(16)8-10/h2-9H,16H2,1H3,(H,18,19). The van der Waals surface area contributed by atoms with Crippen molar-refractivity contribution in [2.45, 2.75) is 13.0 Å². The number of aromatic nitrogens is 1. The third-order valence-electron chi connectivity index (χ3n) is 2.74. The molecule has 2 aromatic rings. The fourth-order valence-electron chi connectivity index (χ4n) is 1.67. The summed E-state index contributed by atoms with van der Waals surface area (Å²) in [7, 11) is 0. The normalized spacial score (nSPS) is 11.9. The monoisotopic (exact) mass is 275 g/mol. The second-order valence-corrected chi connectivity index (χ2v) is 4.59. The van der Waals surface area contributed by atoms with Crippen molar-refractivity contribution < 1.29 is 4.79 Å². The van der Waals surface area contributed by atoms with Gasteiger partial charge in [0.2, 0.25) is 0 Å². The number of amides is 1. The highest BCUT2D eigenvalue weighted by molar-refractivity contribution is 6.33. The molecule has 98 valence electrons. The lowest BCUT2D eigenvalue weighted by molar-refractivity contribution is 0.0939. The maximum atomic E-state index is 12.1. The summed E-state index contributed by atoms with van der Waals surface area (Å²) in [5.41, 5.74) is 7.34. The minimum atomic E-state index is -0.207. The minimum absolute atomic E-state index is 0.175. The van der Waals surface area contributed by atoms with E-state index in [1.54, 1.807) is 24.4 Å². The molecule has 0 bridgehead atoms. The number of benzene rings is 1. The van der Waals surface area contributed by atoms with Crippen molar-refractivity contribution in [1.29, 1.82) is 0 Å². The number of anilines is 1. The molecule has 0 saturated heterocycles. The summed E-state index contributed by atoms with van der Waals surface area (Å²) >= 11 is 5.82. The van der Waals surface area contributed by atoms with E-state index in [0.29, 0.717) is 16.3 Å². The highest BCUT2D eigenvalue weighted by Crippen LogP contribution is 2.20. The van der Waals surface area contributed by atoms with E-state index in [1.807, 2.05) is 25.1 Å². The Morgan fingerprint density at radius 3 is 2.79 bits per heavy atom. The van der Waals surface area contributed by atoms with Gasteiger partial charge in [-0.3, -0.25) is 9.78 Å². The number of nitrogen functional groups attached to an aromatic ring is 1. The van der Waals surface area contributed by atoms with Crippen LogP contribution in [0.15, 0.2) is 42.6 Å². The number of pyridine rings is 1. The zero-order chi connectivity index (χ0) is 13.8. The fourth-order valence-corrected chi connectivity index (χ4v) is 1.79. The van der Waals surface area contributed by atoms with Crippen molar-refractivity contribution in [2.24, 2.45) is 0 Å². The van der Waals surface area contributed by atoms with Crippen LogP contribution in [-0.4, -0.2) is 10.9 Å². The average molecular weight is 276 g/mol. The van der Waals surface area contributed by atoms with E-state index in [-0.39, 0.29) is 11.9 Å². The van der Waals surface area contributed by atoms with E-state index in [9.17, 15) is 4.79 Å². The summed E-state index contributed by atoms with van der Waals surface area (Å²) < 4.78 is 0. The molecule has 1 aromatic heterocycles. The summed E-state index contributed by atoms with van der Waals surface area (Å²) in [5.74, 6) is -0.207. The summed E-state index contributed by atoms with van der Waals surface area (Å²) in [6.45, 7) is 1.87. The smallest absolute Gasteiger partial charge is 0.251 e. The number of halogens is 1. The summed E-state index contributed by atoms with van der Waals surface area (Å²) in [6.07, 6.45) is 1.69. The van der Waals surface area contributed by atoms with Crippen LogP contribution in [0.5, 0.6) is 0 Å². The van der Waals surface area contributed by atoms with Crippen LogP contribution in [0.3, 0.4) is 0 Å². The van der Waals surface area contributed by atoms with Crippen LogP contribution in [0.2, 0.25) is 5.02 Å². The fraction of sp³-hybridized carbons (Fsp3) is 0.143. The second kappa shape index (κ2) is 5.71. The molecule has 0 radical (unpaired) electrons. The van der Waals surface area contributed by atoms with E-state index in [4.69, 9.17) is 17.3 Å². The summed E-state index contributed by atoms with van der Waals surface area (Å²) in [4.78, 5) is 16.3. The molecule has 4 nitrogen and oxygen atoms in total. The van der Waals surface area contributed by atoms with Gasteiger partial charge in [0.1, 0.15) is 0 Å². The number of hydrogen-bond acceptors (Lipinski definition) is 3. The van der Waals surface area contributed by atoms with Gasteiger partial charge in [0.05, 0.1) is 22.4 Å². The van der Waals surface area contributed by atoms with Crippen molar-refractivity contribution in [3.63, 3.8) is 0 Å². The van der Waals surface area contributed by atoms with E-state index in [2.05, 4.69) is 10.3 Å². The quantitative estimate of drug-likeness (QED) is 0.847. The Labute approximate surface area is 116 Å². The number of nitrogens with one attached hydrogen (secondary N) is 1. The molecule has 1 aromatic carbocycles. The number of carbonyl (C=O) groups excluding carboxylic acids is 1. The van der Waals surface area contributed by atoms with Gasteiger partial charge in [0.25, 0.3) is 5.91 Å². The van der Waals surface area contributed by atoms with Gasteiger partial charge in [-0.2, -0.15) is 0 Å². The lowest BCUT2D eigenvalue weighted by Gasteiger charge is -2.13. The lowest BCUT2D eigenvalue weighted by Crippen LogP contribution is -2.27. The Balaban J connectivity index is 2.11. The molecule has 0 aliphatic carbocycles. The molecular formula is C14H14ClN3O. The van der Waals surface area contributed by atoms with Gasteiger partial charge in [0, 0.05) is 11.8 Å².